The van der Waals surface area contributed by atoms with Gasteiger partial charge in [-0.1, -0.05) is 0 Å². The highest BCUT2D eigenvalue weighted by Crippen LogP contribution is 2.30. The fourth-order valence-electron chi connectivity index (χ4n) is 2.60. The summed E-state index contributed by atoms with van der Waals surface area (Å²) < 4.78 is 30.0. The van der Waals surface area contributed by atoms with Gasteiger partial charge in [0.1, 0.15) is 0 Å². The number of nitrogens with zero attached hydrogens (tertiary/aromatic N) is 3. The Bertz CT molecular complexity index is 778. The molecule has 0 radical (unpaired) electrons. The third-order valence-electron chi connectivity index (χ3n) is 4.06. The molecule has 10 heteroatoms. The summed E-state index contributed by atoms with van der Waals surface area (Å²) in [5.74, 6) is 1.82. The van der Waals surface area contributed by atoms with E-state index in [-0.39, 0.29) is 5.91 Å². The average Bonchev–Trinajstić information content (AvgIpc) is 3.16. The molecule has 1 aromatic carbocycles. The Morgan fingerprint density at radius 1 is 1.22 bits per heavy atom. The van der Waals surface area contributed by atoms with Crippen LogP contribution in [-0.2, 0) is 9.53 Å². The molecule has 1 atom stereocenters. The maximum absolute atomic E-state index is 12.5. The monoisotopic (exact) mass is 394 g/mol. The molecule has 146 valence electrons. The van der Waals surface area contributed by atoms with Crippen LogP contribution < -0.4 is 24.4 Å². The third-order valence-corrected chi connectivity index (χ3v) is 4.56. The van der Waals surface area contributed by atoms with Crippen molar-refractivity contribution >= 4 is 29.1 Å². The minimum atomic E-state index is -0.748. The van der Waals surface area contributed by atoms with Gasteiger partial charge in [-0.2, -0.15) is 4.37 Å². The minimum absolute atomic E-state index is 0.303. The number of carbonyl (C=O) groups excluding carboxylic acids is 1. The predicted octanol–water partition coefficient (Wildman–Crippen LogP) is 1.80. The van der Waals surface area contributed by atoms with Gasteiger partial charge in [0.25, 0.3) is 11.8 Å². The number of rotatable bonds is 7. The van der Waals surface area contributed by atoms with Crippen molar-refractivity contribution in [3.8, 4) is 17.4 Å². The molecule has 0 unspecified atom stereocenters. The zero-order valence-electron chi connectivity index (χ0n) is 15.4. The zero-order valence-corrected chi connectivity index (χ0v) is 16.2. The van der Waals surface area contributed by atoms with Gasteiger partial charge >= 0.3 is 0 Å². The molecular formula is C17H22N4O5S. The Hall–Kier alpha value is -2.59. The van der Waals surface area contributed by atoms with Crippen molar-refractivity contribution < 1.29 is 23.7 Å². The standard InChI is InChI=1S/C17H22N4O5S/c1-11(16(22)18-12-4-5-13(23-2)14(10-12)24-3)26-17-15(19-27-20-17)21-6-8-25-9-7-21/h4-5,10-11H,6-9H2,1-3H3,(H,18,22)/t11-/m1/s1. The second-order valence-corrected chi connectivity index (χ2v) is 6.34. The molecule has 1 aromatic heterocycles. The van der Waals surface area contributed by atoms with Crippen molar-refractivity contribution in [1.82, 2.24) is 8.75 Å². The van der Waals surface area contributed by atoms with Crippen LogP contribution in [0.25, 0.3) is 0 Å². The smallest absolute Gasteiger partial charge is 0.271 e. The quantitative estimate of drug-likeness (QED) is 0.760. The van der Waals surface area contributed by atoms with Gasteiger partial charge in [0.2, 0.25) is 5.82 Å². The normalized spacial score (nSPS) is 15.1. The molecule has 1 fully saturated rings. The lowest BCUT2D eigenvalue weighted by molar-refractivity contribution is -0.122. The van der Waals surface area contributed by atoms with E-state index >= 15 is 0 Å². The number of amides is 1. The first-order valence-electron chi connectivity index (χ1n) is 8.47. The van der Waals surface area contributed by atoms with Gasteiger partial charge in [-0.15, -0.1) is 4.37 Å². The number of nitrogens with one attached hydrogen (secondary N) is 1. The van der Waals surface area contributed by atoms with E-state index in [4.69, 9.17) is 18.9 Å². The van der Waals surface area contributed by atoms with E-state index in [0.717, 1.165) is 11.7 Å². The van der Waals surface area contributed by atoms with Gasteiger partial charge in [-0.25, -0.2) is 0 Å². The molecule has 1 saturated heterocycles. The highest BCUT2D eigenvalue weighted by molar-refractivity contribution is 6.99. The molecule has 1 aliphatic rings. The number of hydrogen-bond acceptors (Lipinski definition) is 9. The first kappa shape index (κ1) is 19.2. The Morgan fingerprint density at radius 2 is 1.96 bits per heavy atom. The highest BCUT2D eigenvalue weighted by atomic mass is 32.1. The summed E-state index contributed by atoms with van der Waals surface area (Å²) in [6, 6.07) is 5.14. The van der Waals surface area contributed by atoms with Gasteiger partial charge in [0.15, 0.2) is 17.6 Å². The maximum atomic E-state index is 12.5. The molecular weight excluding hydrogens is 372 g/mol. The predicted molar refractivity (Wildman–Crippen MR) is 101 cm³/mol. The number of anilines is 2. The van der Waals surface area contributed by atoms with Crippen LogP contribution in [0.2, 0.25) is 0 Å². The van der Waals surface area contributed by atoms with Gasteiger partial charge in [0, 0.05) is 24.8 Å². The van der Waals surface area contributed by atoms with E-state index in [1.807, 2.05) is 4.90 Å². The Kier molecular flexibility index (Phi) is 6.30. The molecule has 2 heterocycles. The zero-order chi connectivity index (χ0) is 19.2. The number of ether oxygens (including phenoxy) is 4. The van der Waals surface area contributed by atoms with E-state index in [9.17, 15) is 4.79 Å². The maximum Gasteiger partial charge on any atom is 0.271 e. The molecule has 0 spiro atoms. The lowest BCUT2D eigenvalue weighted by Crippen LogP contribution is -2.37. The fraction of sp³-hybridized carbons (Fsp3) is 0.471. The summed E-state index contributed by atoms with van der Waals surface area (Å²) in [6.45, 7) is 4.36. The Balaban J connectivity index is 1.64. The van der Waals surface area contributed by atoms with Crippen molar-refractivity contribution in [2.24, 2.45) is 0 Å². The second-order valence-electron chi connectivity index (χ2n) is 5.81. The number of carbonyl (C=O) groups is 1. The Morgan fingerprint density at radius 3 is 2.67 bits per heavy atom. The van der Waals surface area contributed by atoms with Gasteiger partial charge < -0.3 is 29.2 Å². The van der Waals surface area contributed by atoms with Crippen molar-refractivity contribution in [3.63, 3.8) is 0 Å². The highest BCUT2D eigenvalue weighted by Gasteiger charge is 2.24. The summed E-state index contributed by atoms with van der Waals surface area (Å²) in [6.07, 6.45) is -0.748. The molecule has 0 bridgehead atoms. The van der Waals surface area contributed by atoms with Gasteiger partial charge in [-0.3, -0.25) is 4.79 Å². The van der Waals surface area contributed by atoms with E-state index < -0.39 is 6.10 Å². The van der Waals surface area contributed by atoms with Crippen molar-refractivity contribution in [2.45, 2.75) is 13.0 Å². The fourth-order valence-corrected chi connectivity index (χ4v) is 3.11. The molecule has 0 aliphatic carbocycles. The van der Waals surface area contributed by atoms with E-state index in [1.54, 1.807) is 32.2 Å². The molecule has 2 aromatic rings. The second kappa shape index (κ2) is 8.87. The van der Waals surface area contributed by atoms with Gasteiger partial charge in [-0.05, 0) is 19.1 Å². The molecule has 3 rings (SSSR count). The average molecular weight is 394 g/mol. The summed E-state index contributed by atoms with van der Waals surface area (Å²) >= 11 is 1.06. The van der Waals surface area contributed by atoms with Crippen LogP contribution in [0, 0.1) is 0 Å². The Labute approximate surface area is 161 Å². The first-order chi connectivity index (χ1) is 13.1. The molecule has 1 amide bonds. The van der Waals surface area contributed by atoms with E-state index in [1.165, 1.54) is 7.11 Å². The van der Waals surface area contributed by atoms with Crippen LogP contribution in [0.15, 0.2) is 18.2 Å². The lowest BCUT2D eigenvalue weighted by atomic mass is 10.2. The van der Waals surface area contributed by atoms with Crippen LogP contribution in [-0.4, -0.2) is 61.3 Å². The first-order valence-corrected chi connectivity index (χ1v) is 9.20. The van der Waals surface area contributed by atoms with Crippen LogP contribution >= 0.6 is 11.7 Å². The van der Waals surface area contributed by atoms with Crippen molar-refractivity contribution in [2.75, 3.05) is 50.7 Å². The van der Waals surface area contributed by atoms with E-state index in [0.29, 0.717) is 55.2 Å². The molecule has 1 N–H and O–H groups in total. The minimum Gasteiger partial charge on any atom is -0.493 e. The van der Waals surface area contributed by atoms with Crippen LogP contribution in [0.1, 0.15) is 6.92 Å². The molecule has 27 heavy (non-hydrogen) atoms. The largest absolute Gasteiger partial charge is 0.493 e. The van der Waals surface area contributed by atoms with Crippen LogP contribution in [0.4, 0.5) is 11.5 Å². The summed E-state index contributed by atoms with van der Waals surface area (Å²) in [5, 5.41) is 2.80. The number of hydrogen-bond donors (Lipinski definition) is 1. The summed E-state index contributed by atoms with van der Waals surface area (Å²) in [7, 11) is 3.09. The lowest BCUT2D eigenvalue weighted by Gasteiger charge is -2.27. The van der Waals surface area contributed by atoms with Crippen molar-refractivity contribution in [1.29, 1.82) is 0 Å². The van der Waals surface area contributed by atoms with Crippen LogP contribution in [0.3, 0.4) is 0 Å². The topological polar surface area (TPSA) is 95.0 Å². The molecule has 9 nitrogen and oxygen atoms in total. The van der Waals surface area contributed by atoms with Crippen molar-refractivity contribution in [3.05, 3.63) is 18.2 Å². The number of benzene rings is 1. The number of methoxy groups -OCH3 is 2. The number of aromatic nitrogens is 2. The summed E-state index contributed by atoms with van der Waals surface area (Å²) in [4.78, 5) is 14.5. The summed E-state index contributed by atoms with van der Waals surface area (Å²) in [5.41, 5.74) is 0.581. The number of morpholine rings is 1. The van der Waals surface area contributed by atoms with Gasteiger partial charge in [0.05, 0.1) is 39.2 Å². The third kappa shape index (κ3) is 4.58. The molecule has 0 saturated carbocycles. The molecule has 1 aliphatic heterocycles. The van der Waals surface area contributed by atoms with E-state index in [2.05, 4.69) is 14.1 Å². The SMILES string of the molecule is COc1ccc(NC(=O)[C@@H](C)Oc2nsnc2N2CCOCC2)cc1OC. The van der Waals surface area contributed by atoms with Crippen LogP contribution in [0.5, 0.6) is 17.4 Å².